The fourth-order valence-electron chi connectivity index (χ4n) is 3.07. The minimum atomic E-state index is 0.742. The van der Waals surface area contributed by atoms with Crippen LogP contribution in [0, 0.1) is 29.6 Å². The minimum Gasteiger partial charge on any atom is -0.103 e. The van der Waals surface area contributed by atoms with Crippen LogP contribution in [0.3, 0.4) is 0 Å². The summed E-state index contributed by atoms with van der Waals surface area (Å²) in [7, 11) is 0. The molecular formula is C15H26. The maximum atomic E-state index is 3.99. The second kappa shape index (κ2) is 5.53. The van der Waals surface area contributed by atoms with E-state index in [1.807, 2.05) is 0 Å². The van der Waals surface area contributed by atoms with Crippen molar-refractivity contribution in [3.05, 3.63) is 24.8 Å². The van der Waals surface area contributed by atoms with Crippen LogP contribution in [0.25, 0.3) is 0 Å². The molecule has 1 fully saturated rings. The molecule has 0 heteroatoms. The van der Waals surface area contributed by atoms with Crippen molar-refractivity contribution in [3.63, 3.8) is 0 Å². The molecular weight excluding hydrogens is 180 g/mol. The molecule has 0 heterocycles. The first-order valence-electron chi connectivity index (χ1n) is 6.46. The van der Waals surface area contributed by atoms with Crippen molar-refractivity contribution in [2.75, 3.05) is 0 Å². The summed E-state index contributed by atoms with van der Waals surface area (Å²) in [5.41, 5.74) is 0. The van der Waals surface area contributed by atoms with Crippen LogP contribution in [0.4, 0.5) is 0 Å². The van der Waals surface area contributed by atoms with E-state index in [1.165, 1.54) is 6.42 Å². The number of allylic oxidation sites excluding steroid dienone is 3. The van der Waals surface area contributed by atoms with Gasteiger partial charge >= 0.3 is 0 Å². The van der Waals surface area contributed by atoms with Gasteiger partial charge in [-0.1, -0.05) is 52.3 Å². The fraction of sp³-hybridized carbons (Fsp3) is 0.733. The third kappa shape index (κ3) is 2.35. The molecule has 0 nitrogen and oxygen atoms in total. The Morgan fingerprint density at radius 3 is 2.40 bits per heavy atom. The average Bonchev–Trinajstić information content (AvgIpc) is 2.25. The minimum absolute atomic E-state index is 0.742. The molecule has 15 heavy (non-hydrogen) atoms. The van der Waals surface area contributed by atoms with Crippen molar-refractivity contribution in [2.24, 2.45) is 29.6 Å². The molecule has 0 aliphatic heterocycles. The highest BCUT2D eigenvalue weighted by atomic mass is 14.5. The normalized spacial score (nSPS) is 37.6. The van der Waals surface area contributed by atoms with Gasteiger partial charge in [0.2, 0.25) is 0 Å². The largest absolute Gasteiger partial charge is 0.103 e. The van der Waals surface area contributed by atoms with Crippen LogP contribution in [0.5, 0.6) is 0 Å². The summed E-state index contributed by atoms with van der Waals surface area (Å²) < 4.78 is 0. The lowest BCUT2D eigenvalue weighted by Gasteiger charge is -2.51. The van der Waals surface area contributed by atoms with Crippen LogP contribution in [-0.2, 0) is 0 Å². The first kappa shape index (κ1) is 12.5. The molecule has 0 amide bonds. The van der Waals surface area contributed by atoms with Gasteiger partial charge in [0.15, 0.2) is 0 Å². The molecule has 0 radical (unpaired) electrons. The summed E-state index contributed by atoms with van der Waals surface area (Å²) in [6, 6.07) is 0. The van der Waals surface area contributed by atoms with Crippen LogP contribution in [-0.4, -0.2) is 0 Å². The molecule has 1 saturated carbocycles. The van der Waals surface area contributed by atoms with Gasteiger partial charge in [0.05, 0.1) is 0 Å². The van der Waals surface area contributed by atoms with Gasteiger partial charge in [0.25, 0.3) is 0 Å². The van der Waals surface area contributed by atoms with Crippen molar-refractivity contribution < 1.29 is 0 Å². The van der Waals surface area contributed by atoms with Gasteiger partial charge < -0.3 is 0 Å². The Bertz CT molecular complexity index is 226. The third-order valence-electron chi connectivity index (χ3n) is 4.27. The quantitative estimate of drug-likeness (QED) is 0.573. The summed E-state index contributed by atoms with van der Waals surface area (Å²) in [5.74, 6) is 4.00. The Morgan fingerprint density at radius 1 is 1.27 bits per heavy atom. The molecule has 0 N–H and O–H groups in total. The zero-order valence-corrected chi connectivity index (χ0v) is 10.7. The topological polar surface area (TPSA) is 0 Å². The van der Waals surface area contributed by atoms with E-state index >= 15 is 0 Å². The predicted molar refractivity (Wildman–Crippen MR) is 68.7 cm³/mol. The molecule has 0 bridgehead atoms. The molecule has 0 saturated heterocycles. The predicted octanol–water partition coefficient (Wildman–Crippen LogP) is 4.68. The van der Waals surface area contributed by atoms with Gasteiger partial charge in [-0.25, -0.2) is 0 Å². The second-order valence-corrected chi connectivity index (χ2v) is 5.05. The van der Waals surface area contributed by atoms with Crippen LogP contribution in [0.2, 0.25) is 0 Å². The summed E-state index contributed by atoms with van der Waals surface area (Å²) >= 11 is 0. The van der Waals surface area contributed by atoms with E-state index in [1.54, 1.807) is 0 Å². The molecule has 1 aliphatic carbocycles. The van der Waals surface area contributed by atoms with Crippen LogP contribution in [0.1, 0.15) is 40.5 Å². The van der Waals surface area contributed by atoms with E-state index in [4.69, 9.17) is 0 Å². The number of rotatable bonds is 5. The standard InChI is InChI=1S/C15H26/c1-6-9-10-14-12(5)13(8-3)15(14)11(4)7-2/h8-15H,3,6-7H2,1-2,4-5H3. The highest BCUT2D eigenvalue weighted by Gasteiger charge is 2.46. The second-order valence-electron chi connectivity index (χ2n) is 5.05. The lowest BCUT2D eigenvalue weighted by atomic mass is 9.53. The Hall–Kier alpha value is -0.520. The zero-order valence-electron chi connectivity index (χ0n) is 10.7. The summed E-state index contributed by atoms with van der Waals surface area (Å²) in [6.07, 6.45) is 9.41. The maximum Gasteiger partial charge on any atom is -0.0165 e. The van der Waals surface area contributed by atoms with E-state index in [0.717, 1.165) is 36.0 Å². The van der Waals surface area contributed by atoms with Gasteiger partial charge in [0.1, 0.15) is 0 Å². The van der Waals surface area contributed by atoms with Crippen molar-refractivity contribution in [2.45, 2.75) is 40.5 Å². The molecule has 1 rings (SSSR count). The molecule has 0 aromatic heterocycles. The maximum absolute atomic E-state index is 3.99. The third-order valence-corrected chi connectivity index (χ3v) is 4.27. The molecule has 5 atom stereocenters. The van der Waals surface area contributed by atoms with E-state index < -0.39 is 0 Å². The highest BCUT2D eigenvalue weighted by Crippen LogP contribution is 2.51. The molecule has 1 aliphatic rings. The Balaban J connectivity index is 2.69. The summed E-state index contributed by atoms with van der Waals surface area (Å²) in [4.78, 5) is 0. The first-order valence-corrected chi connectivity index (χ1v) is 6.46. The van der Waals surface area contributed by atoms with Crippen molar-refractivity contribution in [3.8, 4) is 0 Å². The average molecular weight is 206 g/mol. The highest BCUT2D eigenvalue weighted by molar-refractivity contribution is 5.10. The van der Waals surface area contributed by atoms with Gasteiger partial charge in [-0.05, 0) is 36.0 Å². The van der Waals surface area contributed by atoms with Crippen LogP contribution >= 0.6 is 0 Å². The molecule has 86 valence electrons. The first-order chi connectivity index (χ1) is 7.17. The Labute approximate surface area is 95.5 Å². The molecule has 0 aromatic carbocycles. The SMILES string of the molecule is C=CC1C(C)C(C=CCC)C1C(C)CC. The van der Waals surface area contributed by atoms with E-state index in [2.05, 4.69) is 52.5 Å². The Morgan fingerprint density at radius 2 is 1.93 bits per heavy atom. The van der Waals surface area contributed by atoms with Crippen LogP contribution in [0.15, 0.2) is 24.8 Å². The number of hydrogen-bond acceptors (Lipinski definition) is 0. The fourth-order valence-corrected chi connectivity index (χ4v) is 3.07. The van der Waals surface area contributed by atoms with Gasteiger partial charge in [-0.2, -0.15) is 0 Å². The van der Waals surface area contributed by atoms with E-state index in [-0.39, 0.29) is 0 Å². The van der Waals surface area contributed by atoms with E-state index in [9.17, 15) is 0 Å². The van der Waals surface area contributed by atoms with Crippen molar-refractivity contribution in [1.29, 1.82) is 0 Å². The van der Waals surface area contributed by atoms with Gasteiger partial charge in [-0.3, -0.25) is 0 Å². The number of hydrogen-bond donors (Lipinski definition) is 0. The van der Waals surface area contributed by atoms with Gasteiger partial charge in [-0.15, -0.1) is 6.58 Å². The molecule has 5 unspecified atom stereocenters. The summed E-state index contributed by atoms with van der Waals surface area (Å²) in [5, 5.41) is 0. The summed E-state index contributed by atoms with van der Waals surface area (Å²) in [6.45, 7) is 13.3. The smallest absolute Gasteiger partial charge is 0.0165 e. The Kier molecular flexibility index (Phi) is 4.63. The molecule has 0 spiro atoms. The zero-order chi connectivity index (χ0) is 11.4. The monoisotopic (exact) mass is 206 g/mol. The van der Waals surface area contributed by atoms with Crippen LogP contribution < -0.4 is 0 Å². The van der Waals surface area contributed by atoms with E-state index in [0.29, 0.717) is 0 Å². The van der Waals surface area contributed by atoms with Gasteiger partial charge in [0, 0.05) is 0 Å². The lowest BCUT2D eigenvalue weighted by Crippen LogP contribution is -2.46. The molecule has 0 aromatic rings. The lowest BCUT2D eigenvalue weighted by molar-refractivity contribution is 0.0147. The van der Waals surface area contributed by atoms with Crippen molar-refractivity contribution in [1.82, 2.24) is 0 Å². The van der Waals surface area contributed by atoms with Crippen molar-refractivity contribution >= 4 is 0 Å².